The smallest absolute Gasteiger partial charge is 0.148 e. The summed E-state index contributed by atoms with van der Waals surface area (Å²) in [6.07, 6.45) is 3.09. The zero-order valence-corrected chi connectivity index (χ0v) is 12.5. The molecule has 0 aliphatic rings. The van der Waals surface area contributed by atoms with Crippen molar-refractivity contribution in [2.45, 2.75) is 6.61 Å². The van der Waals surface area contributed by atoms with Crippen molar-refractivity contribution in [1.29, 1.82) is 0 Å². The first kappa shape index (κ1) is 14.4. The summed E-state index contributed by atoms with van der Waals surface area (Å²) in [7, 11) is 0. The van der Waals surface area contributed by atoms with Crippen molar-refractivity contribution < 1.29 is 4.74 Å². The van der Waals surface area contributed by atoms with Crippen LogP contribution >= 0.6 is 11.6 Å². The number of nitrogens with zero attached hydrogens (tertiary/aromatic N) is 2. The minimum atomic E-state index is 0.371. The predicted molar refractivity (Wildman–Crippen MR) is 87.5 cm³/mol. The lowest BCUT2D eigenvalue weighted by atomic mass is 10.2. The SMILES string of the molecule is Clc1cnc(Nc2ccc(OCc3ccccc3)cc2)cn1. The molecule has 1 heterocycles. The van der Waals surface area contributed by atoms with E-state index in [4.69, 9.17) is 16.3 Å². The van der Waals surface area contributed by atoms with Crippen LogP contribution in [0.15, 0.2) is 67.0 Å². The first-order valence-electron chi connectivity index (χ1n) is 6.81. The van der Waals surface area contributed by atoms with Crippen molar-refractivity contribution in [2.75, 3.05) is 5.32 Å². The molecule has 3 aromatic rings. The Balaban J connectivity index is 1.59. The molecule has 0 bridgehead atoms. The maximum atomic E-state index is 5.74. The molecular formula is C17H14ClN3O. The summed E-state index contributed by atoms with van der Waals surface area (Å²) in [6.45, 7) is 0.552. The highest BCUT2D eigenvalue weighted by Gasteiger charge is 1.99. The number of anilines is 2. The van der Waals surface area contributed by atoms with E-state index in [-0.39, 0.29) is 0 Å². The summed E-state index contributed by atoms with van der Waals surface area (Å²) in [5, 5.41) is 3.51. The Hall–Kier alpha value is -2.59. The van der Waals surface area contributed by atoms with Gasteiger partial charge in [-0.1, -0.05) is 41.9 Å². The predicted octanol–water partition coefficient (Wildman–Crippen LogP) is 4.45. The van der Waals surface area contributed by atoms with E-state index >= 15 is 0 Å². The molecule has 0 fully saturated rings. The molecule has 0 radical (unpaired) electrons. The number of hydrogen-bond acceptors (Lipinski definition) is 4. The third-order valence-electron chi connectivity index (χ3n) is 3.00. The summed E-state index contributed by atoms with van der Waals surface area (Å²) in [4.78, 5) is 8.11. The quantitative estimate of drug-likeness (QED) is 0.756. The molecule has 0 aliphatic carbocycles. The minimum absolute atomic E-state index is 0.371. The van der Waals surface area contributed by atoms with Gasteiger partial charge < -0.3 is 10.1 Å². The number of hydrogen-bond donors (Lipinski definition) is 1. The lowest BCUT2D eigenvalue weighted by Gasteiger charge is -2.08. The maximum Gasteiger partial charge on any atom is 0.148 e. The van der Waals surface area contributed by atoms with E-state index in [1.165, 1.54) is 6.20 Å². The molecule has 2 aromatic carbocycles. The molecule has 22 heavy (non-hydrogen) atoms. The first-order valence-corrected chi connectivity index (χ1v) is 7.19. The van der Waals surface area contributed by atoms with Crippen LogP contribution in [-0.2, 0) is 6.61 Å². The van der Waals surface area contributed by atoms with E-state index in [9.17, 15) is 0 Å². The van der Waals surface area contributed by atoms with Crippen LogP contribution in [0.5, 0.6) is 5.75 Å². The lowest BCUT2D eigenvalue weighted by Crippen LogP contribution is -1.96. The molecule has 4 nitrogen and oxygen atoms in total. The van der Waals surface area contributed by atoms with Crippen molar-refractivity contribution in [3.05, 3.63) is 77.7 Å². The van der Waals surface area contributed by atoms with Crippen LogP contribution in [0.1, 0.15) is 5.56 Å². The van der Waals surface area contributed by atoms with Crippen LogP contribution in [0.4, 0.5) is 11.5 Å². The largest absolute Gasteiger partial charge is 0.489 e. The van der Waals surface area contributed by atoms with Crippen LogP contribution in [-0.4, -0.2) is 9.97 Å². The number of ether oxygens (including phenoxy) is 1. The van der Waals surface area contributed by atoms with Gasteiger partial charge in [0.2, 0.25) is 0 Å². The Kier molecular flexibility index (Phi) is 4.51. The second-order valence-corrected chi connectivity index (χ2v) is 5.04. The Labute approximate surface area is 133 Å². The highest BCUT2D eigenvalue weighted by molar-refractivity contribution is 6.29. The van der Waals surface area contributed by atoms with E-state index in [1.54, 1.807) is 6.20 Å². The fraction of sp³-hybridized carbons (Fsp3) is 0.0588. The average molecular weight is 312 g/mol. The van der Waals surface area contributed by atoms with Crippen LogP contribution < -0.4 is 10.1 Å². The molecule has 1 aromatic heterocycles. The number of nitrogens with one attached hydrogen (secondary N) is 1. The van der Waals surface area contributed by atoms with Crippen molar-refractivity contribution >= 4 is 23.1 Å². The van der Waals surface area contributed by atoms with E-state index < -0.39 is 0 Å². The monoisotopic (exact) mass is 311 g/mol. The van der Waals surface area contributed by atoms with E-state index in [0.29, 0.717) is 17.6 Å². The molecule has 0 spiro atoms. The van der Waals surface area contributed by atoms with E-state index in [2.05, 4.69) is 15.3 Å². The number of rotatable bonds is 5. The van der Waals surface area contributed by atoms with Gasteiger partial charge in [0.1, 0.15) is 23.3 Å². The average Bonchev–Trinajstić information content (AvgIpc) is 2.57. The maximum absolute atomic E-state index is 5.74. The van der Waals surface area contributed by atoms with Crippen LogP contribution in [0, 0.1) is 0 Å². The summed E-state index contributed by atoms with van der Waals surface area (Å²) >= 11 is 5.70. The number of aromatic nitrogens is 2. The molecular weight excluding hydrogens is 298 g/mol. The van der Waals surface area contributed by atoms with Gasteiger partial charge in [0.05, 0.1) is 12.4 Å². The summed E-state index contributed by atoms with van der Waals surface area (Å²) in [5.41, 5.74) is 2.05. The normalized spacial score (nSPS) is 10.2. The highest BCUT2D eigenvalue weighted by Crippen LogP contribution is 2.19. The van der Waals surface area contributed by atoms with Crippen molar-refractivity contribution in [3.8, 4) is 5.75 Å². The Morgan fingerprint density at radius 3 is 2.36 bits per heavy atom. The van der Waals surface area contributed by atoms with Crippen molar-refractivity contribution in [3.63, 3.8) is 0 Å². The molecule has 0 amide bonds. The van der Waals surface area contributed by atoms with Crippen molar-refractivity contribution in [1.82, 2.24) is 9.97 Å². The van der Waals surface area contributed by atoms with Gasteiger partial charge in [0.15, 0.2) is 0 Å². The molecule has 0 unspecified atom stereocenters. The van der Waals surface area contributed by atoms with Gasteiger partial charge in [-0.25, -0.2) is 9.97 Å². The highest BCUT2D eigenvalue weighted by atomic mass is 35.5. The topological polar surface area (TPSA) is 47.0 Å². The van der Waals surface area contributed by atoms with Gasteiger partial charge in [-0.3, -0.25) is 0 Å². The van der Waals surface area contributed by atoms with Crippen LogP contribution in [0.2, 0.25) is 5.15 Å². The van der Waals surface area contributed by atoms with Crippen LogP contribution in [0.3, 0.4) is 0 Å². The molecule has 1 N–H and O–H groups in total. The Bertz CT molecular complexity index is 715. The van der Waals surface area contributed by atoms with Gasteiger partial charge >= 0.3 is 0 Å². The van der Waals surface area contributed by atoms with Crippen molar-refractivity contribution in [2.24, 2.45) is 0 Å². The fourth-order valence-corrected chi connectivity index (χ4v) is 2.00. The van der Waals surface area contributed by atoms with Gasteiger partial charge in [-0.15, -0.1) is 0 Å². The van der Waals surface area contributed by atoms with Gasteiger partial charge in [0.25, 0.3) is 0 Å². The van der Waals surface area contributed by atoms with Gasteiger partial charge in [-0.05, 0) is 29.8 Å². The third kappa shape index (κ3) is 3.96. The first-order chi connectivity index (χ1) is 10.8. The Morgan fingerprint density at radius 2 is 1.68 bits per heavy atom. The molecule has 0 saturated heterocycles. The van der Waals surface area contributed by atoms with E-state index in [1.807, 2.05) is 54.6 Å². The third-order valence-corrected chi connectivity index (χ3v) is 3.19. The molecule has 5 heteroatoms. The number of halogens is 1. The van der Waals surface area contributed by atoms with Crippen LogP contribution in [0.25, 0.3) is 0 Å². The summed E-state index contributed by atoms with van der Waals surface area (Å²) in [5.74, 6) is 1.46. The van der Waals surface area contributed by atoms with E-state index in [0.717, 1.165) is 17.0 Å². The van der Waals surface area contributed by atoms with Gasteiger partial charge in [0, 0.05) is 5.69 Å². The number of benzene rings is 2. The molecule has 110 valence electrons. The fourth-order valence-electron chi connectivity index (χ4n) is 1.90. The molecule has 0 atom stereocenters. The summed E-state index contributed by atoms with van der Waals surface area (Å²) in [6, 6.07) is 17.7. The lowest BCUT2D eigenvalue weighted by molar-refractivity contribution is 0.306. The molecule has 3 rings (SSSR count). The zero-order chi connectivity index (χ0) is 15.2. The molecule has 0 saturated carbocycles. The second kappa shape index (κ2) is 6.91. The summed E-state index contributed by atoms with van der Waals surface area (Å²) < 4.78 is 5.74. The minimum Gasteiger partial charge on any atom is -0.489 e. The standard InChI is InChI=1S/C17H14ClN3O/c18-16-10-20-17(11-19-16)21-14-6-8-15(9-7-14)22-12-13-4-2-1-3-5-13/h1-11H,12H2,(H,20,21). The Morgan fingerprint density at radius 1 is 0.909 bits per heavy atom. The van der Waals surface area contributed by atoms with Gasteiger partial charge in [-0.2, -0.15) is 0 Å². The second-order valence-electron chi connectivity index (χ2n) is 4.65. The zero-order valence-electron chi connectivity index (χ0n) is 11.7. The molecule has 0 aliphatic heterocycles.